The molecule has 0 fully saturated rings. The Morgan fingerprint density at radius 2 is 0.481 bits per heavy atom. The van der Waals surface area contributed by atoms with E-state index in [-0.39, 0.29) is 37.5 Å². The minimum Gasteiger partial charge on any atom is -0.462 e. The van der Waals surface area contributed by atoms with Crippen LogP contribution in [-0.2, 0) is 28.6 Å². The highest BCUT2D eigenvalue weighted by Crippen LogP contribution is 2.16. The predicted octanol–water partition coefficient (Wildman–Crippen LogP) is 23.3. The quantitative estimate of drug-likeness (QED) is 0.0261. The van der Waals surface area contributed by atoms with Gasteiger partial charge < -0.3 is 14.2 Å². The number of rotatable bonds is 60. The molecule has 0 aromatic rings. The molecule has 1 unspecified atom stereocenters. The van der Waals surface area contributed by atoms with Crippen LogP contribution in [0, 0.1) is 0 Å². The van der Waals surface area contributed by atoms with Gasteiger partial charge in [-0.3, -0.25) is 14.4 Å². The summed E-state index contributed by atoms with van der Waals surface area (Å²) in [5.74, 6) is -0.944. The maximum absolute atomic E-state index is 12.9. The summed E-state index contributed by atoms with van der Waals surface area (Å²) < 4.78 is 16.9. The number of hydrogen-bond donors (Lipinski definition) is 0. The van der Waals surface area contributed by atoms with Crippen LogP contribution in [0.25, 0.3) is 0 Å². The SMILES string of the molecule is CC/C=C\C/C=C\C/C=C\C/C=C\C/C=C\C/C=C\CCCCC(=O)OC(COC(=O)CCCCCCCCC/C=C\CCCCCCCC)COC(=O)CCCCCCCCCCCCCC/C=C\C/C=C\C/C=C\C/C=C\CC. The first-order chi connectivity index (χ1) is 40.0. The minimum atomic E-state index is -0.810. The molecule has 0 amide bonds. The van der Waals surface area contributed by atoms with Gasteiger partial charge in [0.15, 0.2) is 6.10 Å². The molecule has 0 aliphatic rings. The van der Waals surface area contributed by atoms with Crippen LogP contribution in [0.4, 0.5) is 0 Å². The highest BCUT2D eigenvalue weighted by atomic mass is 16.6. The Kier molecular flexibility index (Phi) is 64.3. The smallest absolute Gasteiger partial charge is 0.306 e. The summed E-state index contributed by atoms with van der Waals surface area (Å²) in [6.45, 7) is 6.39. The third kappa shape index (κ3) is 66.2. The number of unbranched alkanes of at least 4 members (excludes halogenated alkanes) is 27. The molecule has 6 nitrogen and oxygen atoms in total. The van der Waals surface area contributed by atoms with Crippen molar-refractivity contribution in [1.29, 1.82) is 0 Å². The second-order valence-corrected chi connectivity index (χ2v) is 22.0. The molecule has 6 heteroatoms. The average molecular weight is 1120 g/mol. The van der Waals surface area contributed by atoms with Gasteiger partial charge in [0.25, 0.3) is 0 Å². The number of ether oxygens (including phenoxy) is 3. The lowest BCUT2D eigenvalue weighted by atomic mass is 10.0. The predicted molar refractivity (Wildman–Crippen MR) is 353 cm³/mol. The number of hydrogen-bond acceptors (Lipinski definition) is 6. The summed E-state index contributed by atoms with van der Waals surface area (Å²) >= 11 is 0. The van der Waals surface area contributed by atoms with Gasteiger partial charge in [-0.2, -0.15) is 0 Å². The summed E-state index contributed by atoms with van der Waals surface area (Å²) in [6.07, 6.45) is 96.0. The molecule has 0 aromatic carbocycles. The van der Waals surface area contributed by atoms with Crippen LogP contribution in [0.3, 0.4) is 0 Å². The maximum atomic E-state index is 12.9. The van der Waals surface area contributed by atoms with Gasteiger partial charge in [0.05, 0.1) is 0 Å². The first kappa shape index (κ1) is 76.5. The van der Waals surface area contributed by atoms with Gasteiger partial charge in [-0.05, 0) is 135 Å². The second kappa shape index (κ2) is 68.1. The average Bonchev–Trinajstić information content (AvgIpc) is 3.47. The summed E-state index contributed by atoms with van der Waals surface area (Å²) in [5, 5.41) is 0. The van der Waals surface area contributed by atoms with Crippen LogP contribution in [0.15, 0.2) is 134 Å². The fourth-order valence-electron chi connectivity index (χ4n) is 9.14. The van der Waals surface area contributed by atoms with Crippen molar-refractivity contribution in [3.63, 3.8) is 0 Å². The Bertz CT molecular complexity index is 1720. The molecule has 0 spiro atoms. The summed E-state index contributed by atoms with van der Waals surface area (Å²) in [5.41, 5.74) is 0. The van der Waals surface area contributed by atoms with E-state index in [2.05, 4.69) is 154 Å². The molecule has 0 aliphatic heterocycles. The first-order valence-electron chi connectivity index (χ1n) is 33.7. The van der Waals surface area contributed by atoms with E-state index in [1.54, 1.807) is 0 Å². The van der Waals surface area contributed by atoms with Gasteiger partial charge in [-0.25, -0.2) is 0 Å². The van der Waals surface area contributed by atoms with Crippen molar-refractivity contribution < 1.29 is 28.6 Å². The van der Waals surface area contributed by atoms with Crippen molar-refractivity contribution in [1.82, 2.24) is 0 Å². The molecule has 0 aromatic heterocycles. The van der Waals surface area contributed by atoms with Crippen LogP contribution in [0.2, 0.25) is 0 Å². The zero-order valence-corrected chi connectivity index (χ0v) is 52.8. The molecule has 0 rings (SSSR count). The zero-order valence-electron chi connectivity index (χ0n) is 52.8. The lowest BCUT2D eigenvalue weighted by molar-refractivity contribution is -0.167. The van der Waals surface area contributed by atoms with Crippen LogP contribution >= 0.6 is 0 Å². The molecule has 0 bridgehead atoms. The molecule has 0 aliphatic carbocycles. The zero-order chi connectivity index (χ0) is 58.5. The first-order valence-corrected chi connectivity index (χ1v) is 33.7. The molecule has 0 N–H and O–H groups in total. The highest BCUT2D eigenvalue weighted by Gasteiger charge is 2.19. The van der Waals surface area contributed by atoms with Crippen molar-refractivity contribution in [2.75, 3.05) is 13.2 Å². The monoisotopic (exact) mass is 1120 g/mol. The number of carbonyl (C=O) groups is 3. The van der Waals surface area contributed by atoms with Crippen LogP contribution in [0.1, 0.15) is 303 Å². The normalized spacial score (nSPS) is 13.0. The van der Waals surface area contributed by atoms with Crippen molar-refractivity contribution in [3.8, 4) is 0 Å². The van der Waals surface area contributed by atoms with Crippen molar-refractivity contribution in [2.45, 2.75) is 309 Å². The minimum absolute atomic E-state index is 0.101. The summed E-state index contributed by atoms with van der Waals surface area (Å²) in [7, 11) is 0. The van der Waals surface area contributed by atoms with Crippen LogP contribution < -0.4 is 0 Å². The second-order valence-electron chi connectivity index (χ2n) is 22.0. The van der Waals surface area contributed by atoms with Gasteiger partial charge in [-0.1, -0.05) is 283 Å². The van der Waals surface area contributed by atoms with Gasteiger partial charge in [0, 0.05) is 19.3 Å². The Hall–Kier alpha value is -4.45. The molecule has 0 heterocycles. The summed E-state index contributed by atoms with van der Waals surface area (Å²) in [4.78, 5) is 38.4. The van der Waals surface area contributed by atoms with Crippen LogP contribution in [-0.4, -0.2) is 37.2 Å². The van der Waals surface area contributed by atoms with E-state index in [9.17, 15) is 14.4 Å². The highest BCUT2D eigenvalue weighted by molar-refractivity contribution is 5.71. The van der Waals surface area contributed by atoms with Gasteiger partial charge >= 0.3 is 17.9 Å². The third-order valence-corrected chi connectivity index (χ3v) is 14.1. The molecule has 0 saturated heterocycles. The Balaban J connectivity index is 4.45. The van der Waals surface area contributed by atoms with Crippen molar-refractivity contribution in [2.24, 2.45) is 0 Å². The van der Waals surface area contributed by atoms with E-state index < -0.39 is 6.10 Å². The van der Waals surface area contributed by atoms with E-state index in [1.165, 1.54) is 141 Å². The molecule has 460 valence electrons. The Labute approximate surface area is 500 Å². The van der Waals surface area contributed by atoms with Crippen molar-refractivity contribution >= 4 is 17.9 Å². The molecule has 81 heavy (non-hydrogen) atoms. The molecule has 0 radical (unpaired) electrons. The number of carbonyl (C=O) groups excluding carboxylic acids is 3. The van der Waals surface area contributed by atoms with Crippen LogP contribution in [0.5, 0.6) is 0 Å². The fourth-order valence-corrected chi connectivity index (χ4v) is 9.14. The third-order valence-electron chi connectivity index (χ3n) is 14.1. The van der Waals surface area contributed by atoms with Crippen molar-refractivity contribution in [3.05, 3.63) is 134 Å². The lowest BCUT2D eigenvalue weighted by Crippen LogP contribution is -2.30. The number of esters is 3. The van der Waals surface area contributed by atoms with E-state index in [0.29, 0.717) is 19.3 Å². The standard InChI is InChI=1S/C75H124O6/c1-4-7-10-13-16-19-22-25-28-31-33-35-36-37-38-40-41-44-47-50-53-56-59-62-65-68-74(77)80-71-72(70-79-73(76)67-64-61-58-55-52-49-46-43-30-27-24-21-18-15-12-9-6-3)81-75(78)69-66-63-60-57-54-51-48-45-42-39-34-32-29-26-23-20-17-14-11-8-5-2/h7-8,10-11,16-17,19-20,25-30,33-35,39,45,48,54,57,72H,4-6,9,12-15,18,21-24,31-32,36-38,40-44,46-47,49-53,55-56,58-71H2,1-3H3/b10-7-,11-8-,19-16-,20-17-,28-25-,29-26-,30-27-,35-33-,39-34-,48-45-,57-54-. The van der Waals surface area contributed by atoms with E-state index in [4.69, 9.17) is 14.2 Å². The fraction of sp³-hybridized carbons (Fsp3) is 0.667. The molecular weight excluding hydrogens is 997 g/mol. The molecular formula is C75H124O6. The van der Waals surface area contributed by atoms with E-state index in [0.717, 1.165) is 116 Å². The van der Waals surface area contributed by atoms with Gasteiger partial charge in [-0.15, -0.1) is 0 Å². The van der Waals surface area contributed by atoms with E-state index in [1.807, 2.05) is 0 Å². The largest absolute Gasteiger partial charge is 0.462 e. The molecule has 0 saturated carbocycles. The molecule has 1 atom stereocenters. The maximum Gasteiger partial charge on any atom is 0.306 e. The van der Waals surface area contributed by atoms with Gasteiger partial charge in [0.1, 0.15) is 13.2 Å². The summed E-state index contributed by atoms with van der Waals surface area (Å²) in [6, 6.07) is 0. The topological polar surface area (TPSA) is 78.9 Å². The van der Waals surface area contributed by atoms with Gasteiger partial charge in [0.2, 0.25) is 0 Å². The lowest BCUT2D eigenvalue weighted by Gasteiger charge is -2.18. The Morgan fingerprint density at radius 1 is 0.259 bits per heavy atom. The number of allylic oxidation sites excluding steroid dienone is 22. The van der Waals surface area contributed by atoms with E-state index >= 15 is 0 Å². The Morgan fingerprint density at radius 3 is 0.790 bits per heavy atom.